The number of benzene rings is 1. The Morgan fingerprint density at radius 1 is 1.28 bits per heavy atom. The van der Waals surface area contributed by atoms with Crippen molar-refractivity contribution in [2.75, 3.05) is 13.2 Å². The summed E-state index contributed by atoms with van der Waals surface area (Å²) in [6, 6.07) is 4.60. The van der Waals surface area contributed by atoms with Crippen molar-refractivity contribution in [1.29, 1.82) is 0 Å². The summed E-state index contributed by atoms with van der Waals surface area (Å²) in [4.78, 5) is 27.1. The lowest BCUT2D eigenvalue weighted by molar-refractivity contribution is -0.156. The molecule has 1 saturated carbocycles. The molecule has 0 aromatic heterocycles. The van der Waals surface area contributed by atoms with Crippen molar-refractivity contribution < 1.29 is 22.7 Å². The van der Waals surface area contributed by atoms with Gasteiger partial charge in [0.2, 0.25) is 5.91 Å². The molecule has 1 atom stereocenters. The van der Waals surface area contributed by atoms with Crippen LogP contribution < -0.4 is 9.46 Å². The number of nitrogens with zero attached hydrogens (tertiary/aromatic N) is 1. The topological polar surface area (TPSA) is 92.8 Å². The number of fused-ring (bicyclic) bond motifs is 1. The maximum Gasteiger partial charge on any atom is 0.264 e. The van der Waals surface area contributed by atoms with Crippen LogP contribution in [0.2, 0.25) is 0 Å². The van der Waals surface area contributed by atoms with E-state index in [-0.39, 0.29) is 10.8 Å². The van der Waals surface area contributed by atoms with Crippen LogP contribution in [0.5, 0.6) is 5.75 Å². The zero-order valence-electron chi connectivity index (χ0n) is 16.8. The molecule has 1 aromatic rings. The Balaban J connectivity index is 1.40. The van der Waals surface area contributed by atoms with Crippen molar-refractivity contribution in [2.24, 2.45) is 5.92 Å². The molecule has 1 N–H and O–H groups in total. The molecule has 1 unspecified atom stereocenters. The average Bonchev–Trinajstić information content (AvgIpc) is 3.35. The van der Waals surface area contributed by atoms with Crippen LogP contribution in [0, 0.1) is 5.92 Å². The van der Waals surface area contributed by atoms with Crippen molar-refractivity contribution in [3.63, 3.8) is 0 Å². The molecule has 0 radical (unpaired) electrons. The minimum atomic E-state index is -4.01. The summed E-state index contributed by atoms with van der Waals surface area (Å²) < 4.78 is 33.0. The number of hydrogen-bond donors (Lipinski definition) is 1. The third kappa shape index (κ3) is 3.86. The maximum absolute atomic E-state index is 12.8. The van der Waals surface area contributed by atoms with E-state index in [1.165, 1.54) is 36.6 Å². The molecular weight excluding hydrogens is 392 g/mol. The summed E-state index contributed by atoms with van der Waals surface area (Å²) in [5, 5.41) is 0. The Labute approximate surface area is 171 Å². The second kappa shape index (κ2) is 7.63. The highest BCUT2D eigenvalue weighted by molar-refractivity contribution is 7.90. The van der Waals surface area contributed by atoms with Gasteiger partial charge in [-0.25, -0.2) is 13.1 Å². The zero-order valence-corrected chi connectivity index (χ0v) is 17.6. The van der Waals surface area contributed by atoms with Crippen molar-refractivity contribution in [3.8, 4) is 5.75 Å². The van der Waals surface area contributed by atoms with E-state index in [4.69, 9.17) is 4.74 Å². The van der Waals surface area contributed by atoms with Gasteiger partial charge < -0.3 is 9.64 Å². The number of hydrogen-bond acceptors (Lipinski definition) is 5. The average molecular weight is 421 g/mol. The molecule has 3 aliphatic rings. The van der Waals surface area contributed by atoms with Crippen molar-refractivity contribution in [3.05, 3.63) is 23.8 Å². The van der Waals surface area contributed by atoms with Gasteiger partial charge in [-0.1, -0.05) is 25.7 Å². The number of amides is 2. The largest absolute Gasteiger partial charge is 0.493 e. The fourth-order valence-corrected chi connectivity index (χ4v) is 5.70. The van der Waals surface area contributed by atoms with E-state index in [0.717, 1.165) is 12.0 Å². The number of carbonyl (C=O) groups is 2. The molecule has 1 aliphatic carbocycles. The highest BCUT2D eigenvalue weighted by Gasteiger charge is 2.50. The summed E-state index contributed by atoms with van der Waals surface area (Å²) in [6.45, 7) is 2.66. The lowest BCUT2D eigenvalue weighted by Gasteiger charge is -2.49. The highest BCUT2D eigenvalue weighted by Crippen LogP contribution is 2.34. The van der Waals surface area contributed by atoms with Crippen LogP contribution in [0.15, 0.2) is 23.1 Å². The molecule has 8 heteroatoms. The van der Waals surface area contributed by atoms with Crippen molar-refractivity contribution in [1.82, 2.24) is 9.62 Å². The van der Waals surface area contributed by atoms with Crippen molar-refractivity contribution in [2.45, 2.75) is 68.7 Å². The first-order valence-corrected chi connectivity index (χ1v) is 11.9. The quantitative estimate of drug-likeness (QED) is 0.763. The van der Waals surface area contributed by atoms with Crippen LogP contribution in [-0.4, -0.2) is 43.8 Å². The predicted molar refractivity (Wildman–Crippen MR) is 107 cm³/mol. The van der Waals surface area contributed by atoms with E-state index in [1.54, 1.807) is 19.1 Å². The number of nitrogens with one attached hydrogen (secondary N) is 1. The Morgan fingerprint density at radius 2 is 2.03 bits per heavy atom. The summed E-state index contributed by atoms with van der Waals surface area (Å²) in [6.07, 6.45) is 7.19. The molecule has 2 amide bonds. The molecule has 0 spiro atoms. The van der Waals surface area contributed by atoms with E-state index < -0.39 is 21.5 Å². The number of sulfonamides is 1. The van der Waals surface area contributed by atoms with Gasteiger partial charge in [-0.15, -0.1) is 0 Å². The fraction of sp³-hybridized carbons (Fsp3) is 0.619. The first kappa shape index (κ1) is 20.2. The smallest absolute Gasteiger partial charge is 0.264 e. The third-order valence-electron chi connectivity index (χ3n) is 6.65. The molecule has 2 fully saturated rings. The van der Waals surface area contributed by atoms with E-state index in [2.05, 4.69) is 4.72 Å². The zero-order chi connectivity index (χ0) is 20.6. The van der Waals surface area contributed by atoms with Gasteiger partial charge in [0, 0.05) is 19.4 Å². The Kier molecular flexibility index (Phi) is 5.31. The normalized spacial score (nSPS) is 24.0. The third-order valence-corrected chi connectivity index (χ3v) is 7.98. The molecule has 1 aromatic carbocycles. The van der Waals surface area contributed by atoms with E-state index in [1.807, 2.05) is 0 Å². The molecule has 2 aliphatic heterocycles. The molecule has 158 valence electrons. The first-order valence-electron chi connectivity index (χ1n) is 10.4. The lowest BCUT2D eigenvalue weighted by Crippen LogP contribution is -2.67. The molecule has 4 rings (SSSR count). The van der Waals surface area contributed by atoms with Gasteiger partial charge in [0.05, 0.1) is 11.5 Å². The van der Waals surface area contributed by atoms with Crippen LogP contribution in [-0.2, 0) is 26.0 Å². The summed E-state index contributed by atoms with van der Waals surface area (Å²) in [7, 11) is -4.01. The second-order valence-electron chi connectivity index (χ2n) is 8.56. The predicted octanol–water partition coefficient (Wildman–Crippen LogP) is 2.39. The molecule has 29 heavy (non-hydrogen) atoms. The van der Waals surface area contributed by atoms with Gasteiger partial charge in [0.25, 0.3) is 15.9 Å². The van der Waals surface area contributed by atoms with Gasteiger partial charge in [-0.2, -0.15) is 0 Å². The van der Waals surface area contributed by atoms with E-state index in [0.29, 0.717) is 44.1 Å². The monoisotopic (exact) mass is 420 g/mol. The molecular formula is C21H28N2O5S. The highest BCUT2D eigenvalue weighted by atomic mass is 32.2. The fourth-order valence-electron chi connectivity index (χ4n) is 4.58. The van der Waals surface area contributed by atoms with E-state index >= 15 is 0 Å². The number of rotatable bonds is 6. The minimum absolute atomic E-state index is 0.0390. The lowest BCUT2D eigenvalue weighted by atomic mass is 9.85. The molecule has 0 bridgehead atoms. The summed E-state index contributed by atoms with van der Waals surface area (Å²) >= 11 is 0. The molecule has 1 saturated heterocycles. The molecule has 2 heterocycles. The first-order chi connectivity index (χ1) is 13.8. The van der Waals surface area contributed by atoms with Crippen LogP contribution in [0.3, 0.4) is 0 Å². The number of ether oxygens (including phenoxy) is 1. The van der Waals surface area contributed by atoms with Crippen LogP contribution >= 0.6 is 0 Å². The number of carbonyl (C=O) groups excluding carboxylic acids is 2. The number of likely N-dealkylation sites (tertiary alicyclic amines) is 1. The van der Waals surface area contributed by atoms with Crippen LogP contribution in [0.4, 0.5) is 0 Å². The van der Waals surface area contributed by atoms with Crippen LogP contribution in [0.25, 0.3) is 0 Å². The molecule has 7 nitrogen and oxygen atoms in total. The van der Waals surface area contributed by atoms with Crippen LogP contribution in [0.1, 0.15) is 57.4 Å². The standard InChI is InChI=1S/C21H28N2O5S/c1-21(11-12-23(21)19(24)9-6-15-4-2-3-5-15)20(25)22-29(26,27)17-7-8-18-16(14-17)10-13-28-18/h7-8,14-15H,2-6,9-13H2,1H3,(H,22,25). The van der Waals surface area contributed by atoms with Crippen molar-refractivity contribution >= 4 is 21.8 Å². The van der Waals surface area contributed by atoms with E-state index in [9.17, 15) is 18.0 Å². The summed E-state index contributed by atoms with van der Waals surface area (Å²) in [5.41, 5.74) is -0.293. The Bertz CT molecular complexity index is 923. The Morgan fingerprint density at radius 3 is 2.72 bits per heavy atom. The summed E-state index contributed by atoms with van der Waals surface area (Å²) in [5.74, 6) is 0.576. The van der Waals surface area contributed by atoms with Gasteiger partial charge in [0.15, 0.2) is 0 Å². The van der Waals surface area contributed by atoms with Gasteiger partial charge in [-0.3, -0.25) is 9.59 Å². The second-order valence-corrected chi connectivity index (χ2v) is 10.2. The van der Waals surface area contributed by atoms with Gasteiger partial charge >= 0.3 is 0 Å². The maximum atomic E-state index is 12.8. The van der Waals surface area contributed by atoms with Gasteiger partial charge in [-0.05, 0) is 49.4 Å². The Hall–Kier alpha value is -2.09. The van der Waals surface area contributed by atoms with Gasteiger partial charge in [0.1, 0.15) is 11.3 Å². The SMILES string of the molecule is CC1(C(=O)NS(=O)(=O)c2ccc3c(c2)CCO3)CCN1C(=O)CCC1CCCC1. The minimum Gasteiger partial charge on any atom is -0.493 e.